The number of methoxy groups -OCH3 is 1. The van der Waals surface area contributed by atoms with Crippen molar-refractivity contribution in [3.05, 3.63) is 90.5 Å². The van der Waals surface area contributed by atoms with Gasteiger partial charge in [0.25, 0.3) is 0 Å². The van der Waals surface area contributed by atoms with Gasteiger partial charge in [-0.25, -0.2) is 4.79 Å². The molecule has 140 valence electrons. The number of aromatic amines is 1. The summed E-state index contributed by atoms with van der Waals surface area (Å²) in [5.74, 6) is 0.867. The first-order valence-electron chi connectivity index (χ1n) is 8.71. The highest BCUT2D eigenvalue weighted by Gasteiger charge is 2.30. The summed E-state index contributed by atoms with van der Waals surface area (Å²) in [4.78, 5) is 15.9. The first-order chi connectivity index (χ1) is 13.8. The van der Waals surface area contributed by atoms with Crippen LogP contribution >= 0.6 is 8.38 Å². The summed E-state index contributed by atoms with van der Waals surface area (Å²) in [7, 11) is -0.303. The van der Waals surface area contributed by atoms with Crippen LogP contribution in [0.5, 0.6) is 11.5 Å². The van der Waals surface area contributed by atoms with Crippen LogP contribution in [-0.2, 0) is 4.74 Å². The van der Waals surface area contributed by atoms with Gasteiger partial charge in [0, 0.05) is 10.9 Å². The Balaban J connectivity index is 1.82. The number of hydrogen-bond donors (Lipinski definition) is 1. The molecule has 5 nitrogen and oxygen atoms in total. The van der Waals surface area contributed by atoms with Gasteiger partial charge in [-0.3, -0.25) is 0 Å². The van der Waals surface area contributed by atoms with Gasteiger partial charge in [0.05, 0.1) is 12.7 Å². The molecule has 0 atom stereocenters. The molecule has 0 saturated carbocycles. The number of hydrogen-bond acceptors (Lipinski definition) is 4. The number of carbonyl (C=O) groups excluding carboxylic acids is 1. The van der Waals surface area contributed by atoms with Crippen LogP contribution in [0.1, 0.15) is 10.4 Å². The predicted octanol–water partition coefficient (Wildman–Crippen LogP) is 5.05. The fourth-order valence-electron chi connectivity index (χ4n) is 2.84. The molecule has 0 saturated heterocycles. The van der Waals surface area contributed by atoms with E-state index in [2.05, 4.69) is 4.98 Å². The number of H-pyrrole nitrogens is 1. The summed E-state index contributed by atoms with van der Waals surface area (Å²) < 4.78 is 17.4. The van der Waals surface area contributed by atoms with Gasteiger partial charge in [-0.2, -0.15) is 0 Å². The van der Waals surface area contributed by atoms with Crippen molar-refractivity contribution in [1.29, 1.82) is 0 Å². The van der Waals surface area contributed by atoms with Gasteiger partial charge in [0.1, 0.15) is 16.9 Å². The Kier molecular flexibility index (Phi) is 5.27. The molecule has 6 heteroatoms. The second-order valence-electron chi connectivity index (χ2n) is 5.95. The summed E-state index contributed by atoms with van der Waals surface area (Å²) >= 11 is 0. The summed E-state index contributed by atoms with van der Waals surface area (Å²) in [6, 6.07) is 26.3. The zero-order chi connectivity index (χ0) is 19.3. The van der Waals surface area contributed by atoms with E-state index in [1.54, 1.807) is 0 Å². The molecule has 0 fully saturated rings. The molecule has 28 heavy (non-hydrogen) atoms. The SMILES string of the molecule is COC(=O)c1c(P(Oc2ccccc2)Oc2ccccc2)[nH]c2ccccc12. The minimum Gasteiger partial charge on any atom is -0.465 e. The summed E-state index contributed by atoms with van der Waals surface area (Å²) in [5, 5.41) is 0.769. The van der Waals surface area contributed by atoms with Gasteiger partial charge in [-0.15, -0.1) is 0 Å². The maximum Gasteiger partial charge on any atom is 0.344 e. The van der Waals surface area contributed by atoms with Crippen molar-refractivity contribution >= 4 is 30.7 Å². The Hall–Kier alpha value is -3.30. The maximum atomic E-state index is 12.6. The Labute approximate surface area is 163 Å². The van der Waals surface area contributed by atoms with Crippen LogP contribution in [0.4, 0.5) is 0 Å². The van der Waals surface area contributed by atoms with Crippen molar-refractivity contribution < 1.29 is 18.6 Å². The fraction of sp³-hybridized carbons (Fsp3) is 0.0455. The number of ether oxygens (including phenoxy) is 1. The number of esters is 1. The molecule has 3 aromatic carbocycles. The lowest BCUT2D eigenvalue weighted by molar-refractivity contribution is 0.0604. The molecule has 4 rings (SSSR count). The molecule has 0 amide bonds. The van der Waals surface area contributed by atoms with Gasteiger partial charge in [-0.05, 0) is 30.3 Å². The third-order valence-corrected chi connectivity index (χ3v) is 5.58. The van der Waals surface area contributed by atoms with E-state index in [1.807, 2.05) is 84.9 Å². The Morgan fingerprint density at radius 2 is 1.32 bits per heavy atom. The first-order valence-corrected chi connectivity index (χ1v) is 9.89. The monoisotopic (exact) mass is 391 g/mol. The smallest absolute Gasteiger partial charge is 0.344 e. The topological polar surface area (TPSA) is 60.6 Å². The molecule has 1 N–H and O–H groups in total. The third-order valence-electron chi connectivity index (χ3n) is 4.12. The molecule has 0 aliphatic carbocycles. The van der Waals surface area contributed by atoms with E-state index in [1.165, 1.54) is 7.11 Å². The highest BCUT2D eigenvalue weighted by atomic mass is 31.2. The molecule has 1 aromatic heterocycles. The Morgan fingerprint density at radius 3 is 1.89 bits per heavy atom. The number of benzene rings is 3. The molecule has 0 unspecified atom stereocenters. The lowest BCUT2D eigenvalue weighted by Gasteiger charge is -2.18. The zero-order valence-electron chi connectivity index (χ0n) is 15.2. The molecule has 0 aliphatic heterocycles. The Morgan fingerprint density at radius 1 is 0.786 bits per heavy atom. The standard InChI is InChI=1S/C22H18NO4P/c1-25-22(24)20-18-14-8-9-15-19(18)23-21(20)28(26-16-10-4-2-5-11-16)27-17-12-6-3-7-13-17/h2-15,23H,1H3. The molecular formula is C22H18NO4P. The van der Waals surface area contributed by atoms with Crippen LogP contribution in [0.3, 0.4) is 0 Å². The van der Waals surface area contributed by atoms with Crippen LogP contribution in [0.25, 0.3) is 10.9 Å². The fourth-order valence-corrected chi connectivity index (χ4v) is 4.29. The summed E-state index contributed by atoms with van der Waals surface area (Å²) in [6.45, 7) is 0. The van der Waals surface area contributed by atoms with Gasteiger partial charge in [-0.1, -0.05) is 54.6 Å². The van der Waals surface area contributed by atoms with E-state index >= 15 is 0 Å². The van der Waals surface area contributed by atoms with E-state index in [0.29, 0.717) is 22.5 Å². The number of rotatable bonds is 6. The zero-order valence-corrected chi connectivity index (χ0v) is 16.1. The van der Waals surface area contributed by atoms with Crippen LogP contribution in [0.15, 0.2) is 84.9 Å². The second-order valence-corrected chi connectivity index (χ2v) is 7.28. The quantitative estimate of drug-likeness (QED) is 0.369. The van der Waals surface area contributed by atoms with Gasteiger partial charge in [0.15, 0.2) is 0 Å². The molecule has 1 heterocycles. The highest BCUT2D eigenvalue weighted by molar-refractivity contribution is 7.56. The largest absolute Gasteiger partial charge is 0.465 e. The minimum atomic E-state index is -1.67. The van der Waals surface area contributed by atoms with Crippen molar-refractivity contribution in [1.82, 2.24) is 4.98 Å². The first kappa shape index (κ1) is 18.1. The number of carbonyl (C=O) groups is 1. The van der Waals surface area contributed by atoms with Crippen LogP contribution < -0.4 is 14.5 Å². The third kappa shape index (κ3) is 3.71. The van der Waals surface area contributed by atoms with Crippen molar-refractivity contribution in [3.8, 4) is 11.5 Å². The number of nitrogens with one attached hydrogen (secondary N) is 1. The lowest BCUT2D eigenvalue weighted by Crippen LogP contribution is -2.19. The van der Waals surface area contributed by atoms with E-state index in [9.17, 15) is 4.79 Å². The van der Waals surface area contributed by atoms with E-state index < -0.39 is 14.3 Å². The number of aromatic nitrogens is 1. The Bertz CT molecular complexity index is 1040. The highest BCUT2D eigenvalue weighted by Crippen LogP contribution is 2.41. The van der Waals surface area contributed by atoms with Gasteiger partial charge < -0.3 is 18.8 Å². The van der Waals surface area contributed by atoms with Crippen molar-refractivity contribution in [2.24, 2.45) is 0 Å². The van der Waals surface area contributed by atoms with Crippen molar-refractivity contribution in [2.75, 3.05) is 7.11 Å². The molecule has 0 spiro atoms. The van der Waals surface area contributed by atoms with E-state index in [-0.39, 0.29) is 0 Å². The van der Waals surface area contributed by atoms with Crippen LogP contribution in [0, 0.1) is 0 Å². The normalized spacial score (nSPS) is 10.8. The maximum absolute atomic E-state index is 12.6. The van der Waals surface area contributed by atoms with E-state index in [4.69, 9.17) is 13.8 Å². The summed E-state index contributed by atoms with van der Waals surface area (Å²) in [6.07, 6.45) is 0. The van der Waals surface area contributed by atoms with Gasteiger partial charge in [0.2, 0.25) is 0 Å². The average Bonchev–Trinajstić information content (AvgIpc) is 3.14. The van der Waals surface area contributed by atoms with Gasteiger partial charge >= 0.3 is 14.3 Å². The molecule has 0 aliphatic rings. The van der Waals surface area contributed by atoms with E-state index in [0.717, 1.165) is 10.9 Å². The van der Waals surface area contributed by atoms with Crippen molar-refractivity contribution in [2.45, 2.75) is 0 Å². The summed E-state index contributed by atoms with van der Waals surface area (Å²) in [5.41, 5.74) is 1.81. The van der Waals surface area contributed by atoms with Crippen molar-refractivity contribution in [3.63, 3.8) is 0 Å². The minimum absolute atomic E-state index is 0.427. The van der Waals surface area contributed by atoms with Crippen LogP contribution in [0.2, 0.25) is 0 Å². The van der Waals surface area contributed by atoms with Crippen LogP contribution in [-0.4, -0.2) is 18.1 Å². The molecular weight excluding hydrogens is 373 g/mol. The molecule has 0 bridgehead atoms. The number of fused-ring (bicyclic) bond motifs is 1. The molecule has 4 aromatic rings. The second kappa shape index (κ2) is 8.15. The predicted molar refractivity (Wildman–Crippen MR) is 110 cm³/mol. The average molecular weight is 391 g/mol. The number of para-hydroxylation sites is 3. The lowest BCUT2D eigenvalue weighted by atomic mass is 10.2. The molecule has 0 radical (unpaired) electrons.